The molecule has 88 valence electrons. The van der Waals surface area contributed by atoms with Gasteiger partial charge >= 0.3 is 0 Å². The van der Waals surface area contributed by atoms with Gasteiger partial charge in [-0.1, -0.05) is 48.5 Å². The molecule has 0 saturated carbocycles. The van der Waals surface area contributed by atoms with E-state index in [1.807, 2.05) is 61.5 Å². The number of rotatable bonds is 4. The third-order valence-corrected chi connectivity index (χ3v) is 2.74. The monoisotopic (exact) mass is 227 g/mol. The molecule has 0 saturated heterocycles. The smallest absolute Gasteiger partial charge is 0.122 e. The maximum absolute atomic E-state index is 6.07. The number of benzene rings is 2. The molecular formula is C15H17NO. The lowest BCUT2D eigenvalue weighted by molar-refractivity contribution is 0.289. The molecule has 0 spiro atoms. The normalized spacial score (nSPS) is 12.1. The highest BCUT2D eigenvalue weighted by Crippen LogP contribution is 2.18. The fraction of sp³-hybridized carbons (Fsp3) is 0.200. The molecule has 0 aliphatic carbocycles. The molecule has 2 aromatic carbocycles. The van der Waals surface area contributed by atoms with Crippen LogP contribution in [0.5, 0.6) is 5.75 Å². The van der Waals surface area contributed by atoms with Gasteiger partial charge in [0, 0.05) is 0 Å². The van der Waals surface area contributed by atoms with E-state index in [4.69, 9.17) is 10.5 Å². The molecule has 0 amide bonds. The number of hydrogen-bond donors (Lipinski definition) is 1. The minimum atomic E-state index is -0.0872. The van der Waals surface area contributed by atoms with Crippen LogP contribution in [0.4, 0.5) is 0 Å². The summed E-state index contributed by atoms with van der Waals surface area (Å²) in [7, 11) is 0. The van der Waals surface area contributed by atoms with Crippen LogP contribution in [0.3, 0.4) is 0 Å². The zero-order chi connectivity index (χ0) is 12.1. The van der Waals surface area contributed by atoms with E-state index >= 15 is 0 Å². The Morgan fingerprint density at radius 1 is 1.00 bits per heavy atom. The van der Waals surface area contributed by atoms with E-state index in [2.05, 4.69) is 0 Å². The predicted molar refractivity (Wildman–Crippen MR) is 70.0 cm³/mol. The highest BCUT2D eigenvalue weighted by atomic mass is 16.5. The Hall–Kier alpha value is -1.80. The largest absolute Gasteiger partial charge is 0.491 e. The highest BCUT2D eigenvalue weighted by molar-refractivity contribution is 5.32. The third kappa shape index (κ3) is 3.08. The van der Waals surface area contributed by atoms with Crippen molar-refractivity contribution in [3.63, 3.8) is 0 Å². The van der Waals surface area contributed by atoms with Crippen LogP contribution in [-0.2, 0) is 0 Å². The Morgan fingerprint density at radius 3 is 2.35 bits per heavy atom. The van der Waals surface area contributed by atoms with E-state index in [1.165, 1.54) is 0 Å². The topological polar surface area (TPSA) is 35.2 Å². The van der Waals surface area contributed by atoms with E-state index in [0.717, 1.165) is 16.9 Å². The van der Waals surface area contributed by atoms with Crippen molar-refractivity contribution >= 4 is 0 Å². The van der Waals surface area contributed by atoms with Gasteiger partial charge in [0.2, 0.25) is 0 Å². The van der Waals surface area contributed by atoms with Crippen LogP contribution in [0.2, 0.25) is 0 Å². The Labute approximate surface area is 102 Å². The average Bonchev–Trinajstić information content (AvgIpc) is 2.38. The third-order valence-electron chi connectivity index (χ3n) is 2.74. The second-order valence-corrected chi connectivity index (χ2v) is 4.09. The zero-order valence-electron chi connectivity index (χ0n) is 9.97. The first kappa shape index (κ1) is 11.7. The van der Waals surface area contributed by atoms with Crippen molar-refractivity contribution in [2.75, 3.05) is 6.61 Å². The molecule has 0 fully saturated rings. The molecule has 2 rings (SSSR count). The first-order valence-electron chi connectivity index (χ1n) is 5.76. The maximum atomic E-state index is 6.07. The van der Waals surface area contributed by atoms with E-state index in [1.54, 1.807) is 0 Å². The molecular weight excluding hydrogens is 210 g/mol. The van der Waals surface area contributed by atoms with Crippen LogP contribution in [-0.4, -0.2) is 6.61 Å². The lowest BCUT2D eigenvalue weighted by Crippen LogP contribution is -2.19. The summed E-state index contributed by atoms with van der Waals surface area (Å²) >= 11 is 0. The van der Waals surface area contributed by atoms with Crippen LogP contribution in [0, 0.1) is 6.92 Å². The van der Waals surface area contributed by atoms with E-state index in [-0.39, 0.29) is 6.04 Å². The van der Waals surface area contributed by atoms with Crippen LogP contribution in [0.25, 0.3) is 0 Å². The van der Waals surface area contributed by atoms with Gasteiger partial charge in [-0.15, -0.1) is 0 Å². The highest BCUT2D eigenvalue weighted by Gasteiger charge is 2.06. The Morgan fingerprint density at radius 2 is 1.65 bits per heavy atom. The summed E-state index contributed by atoms with van der Waals surface area (Å²) in [6, 6.07) is 17.9. The van der Waals surface area contributed by atoms with E-state index in [9.17, 15) is 0 Å². The number of aryl methyl sites for hydroxylation is 1. The minimum absolute atomic E-state index is 0.0872. The van der Waals surface area contributed by atoms with Crippen molar-refractivity contribution in [2.45, 2.75) is 13.0 Å². The summed E-state index contributed by atoms with van der Waals surface area (Å²) < 4.78 is 5.73. The van der Waals surface area contributed by atoms with Gasteiger partial charge in [-0.2, -0.15) is 0 Å². The van der Waals surface area contributed by atoms with Crippen molar-refractivity contribution in [3.05, 3.63) is 65.7 Å². The molecule has 0 aliphatic rings. The van der Waals surface area contributed by atoms with Gasteiger partial charge < -0.3 is 10.5 Å². The van der Waals surface area contributed by atoms with E-state index in [0.29, 0.717) is 6.61 Å². The molecule has 0 aromatic heterocycles. The molecule has 0 aliphatic heterocycles. The number of ether oxygens (including phenoxy) is 1. The first-order valence-corrected chi connectivity index (χ1v) is 5.76. The molecule has 2 nitrogen and oxygen atoms in total. The predicted octanol–water partition coefficient (Wildman–Crippen LogP) is 3.07. The van der Waals surface area contributed by atoms with E-state index < -0.39 is 0 Å². The van der Waals surface area contributed by atoms with Gasteiger partial charge in [-0.05, 0) is 24.1 Å². The molecule has 2 heteroatoms. The Bertz CT molecular complexity index is 467. The molecule has 0 heterocycles. The SMILES string of the molecule is Cc1ccccc1OC[C@H](N)c1ccccc1. The molecule has 1 atom stereocenters. The summed E-state index contributed by atoms with van der Waals surface area (Å²) in [5.41, 5.74) is 8.30. The second-order valence-electron chi connectivity index (χ2n) is 4.09. The lowest BCUT2D eigenvalue weighted by Gasteiger charge is -2.14. The Kier molecular flexibility index (Phi) is 3.78. The van der Waals surface area contributed by atoms with Crippen molar-refractivity contribution in [2.24, 2.45) is 5.73 Å². The minimum Gasteiger partial charge on any atom is -0.491 e. The summed E-state index contributed by atoms with van der Waals surface area (Å²) in [5.74, 6) is 0.902. The van der Waals surface area contributed by atoms with Crippen LogP contribution >= 0.6 is 0 Å². The number of para-hydroxylation sites is 1. The standard InChI is InChI=1S/C15H17NO/c1-12-7-5-6-10-15(12)17-11-14(16)13-8-3-2-4-9-13/h2-10,14H,11,16H2,1H3/t14-/m0/s1. The zero-order valence-corrected chi connectivity index (χ0v) is 9.97. The number of nitrogens with two attached hydrogens (primary N) is 1. The fourth-order valence-corrected chi connectivity index (χ4v) is 1.69. The summed E-state index contributed by atoms with van der Waals surface area (Å²) in [4.78, 5) is 0. The van der Waals surface area contributed by atoms with Gasteiger partial charge in [0.05, 0.1) is 6.04 Å². The summed E-state index contributed by atoms with van der Waals surface area (Å²) in [5, 5.41) is 0. The van der Waals surface area contributed by atoms with Crippen molar-refractivity contribution in [3.8, 4) is 5.75 Å². The summed E-state index contributed by atoms with van der Waals surface area (Å²) in [6.45, 7) is 2.53. The number of hydrogen-bond acceptors (Lipinski definition) is 2. The second kappa shape index (κ2) is 5.51. The van der Waals surface area contributed by atoms with Crippen molar-refractivity contribution in [1.29, 1.82) is 0 Å². The van der Waals surface area contributed by atoms with Crippen molar-refractivity contribution in [1.82, 2.24) is 0 Å². The molecule has 0 radical (unpaired) electrons. The quantitative estimate of drug-likeness (QED) is 0.871. The fourth-order valence-electron chi connectivity index (χ4n) is 1.69. The Balaban J connectivity index is 1.97. The van der Waals surface area contributed by atoms with Crippen LogP contribution < -0.4 is 10.5 Å². The average molecular weight is 227 g/mol. The van der Waals surface area contributed by atoms with Gasteiger partial charge in [0.15, 0.2) is 0 Å². The van der Waals surface area contributed by atoms with Crippen LogP contribution in [0.15, 0.2) is 54.6 Å². The van der Waals surface area contributed by atoms with Crippen LogP contribution in [0.1, 0.15) is 17.2 Å². The van der Waals surface area contributed by atoms with Gasteiger partial charge in [-0.25, -0.2) is 0 Å². The summed E-state index contributed by atoms with van der Waals surface area (Å²) in [6.07, 6.45) is 0. The first-order chi connectivity index (χ1) is 8.27. The lowest BCUT2D eigenvalue weighted by atomic mass is 10.1. The van der Waals surface area contributed by atoms with Gasteiger partial charge in [0.25, 0.3) is 0 Å². The molecule has 2 N–H and O–H groups in total. The van der Waals surface area contributed by atoms with Gasteiger partial charge in [-0.3, -0.25) is 0 Å². The maximum Gasteiger partial charge on any atom is 0.122 e. The molecule has 2 aromatic rings. The molecule has 17 heavy (non-hydrogen) atoms. The molecule has 0 unspecified atom stereocenters. The van der Waals surface area contributed by atoms with Gasteiger partial charge in [0.1, 0.15) is 12.4 Å². The molecule has 0 bridgehead atoms. The van der Waals surface area contributed by atoms with Crippen molar-refractivity contribution < 1.29 is 4.74 Å².